The van der Waals surface area contributed by atoms with E-state index in [1.54, 1.807) is 0 Å². The molecule has 0 bridgehead atoms. The smallest absolute Gasteiger partial charge is 0.228 e. The molecule has 1 N–H and O–H groups in total. The van der Waals surface area contributed by atoms with Gasteiger partial charge in [0, 0.05) is 18.0 Å². The van der Waals surface area contributed by atoms with Crippen molar-refractivity contribution >= 4 is 5.91 Å². The highest BCUT2D eigenvalue weighted by Gasteiger charge is 2.42. The lowest BCUT2D eigenvalue weighted by atomic mass is 9.73. The molecule has 2 saturated heterocycles. The number of carbonyl (C=O) groups is 1. The molecule has 0 aromatic carbocycles. The Balaban J connectivity index is 2.08. The van der Waals surface area contributed by atoms with Crippen molar-refractivity contribution in [3.63, 3.8) is 0 Å². The van der Waals surface area contributed by atoms with Gasteiger partial charge in [0.25, 0.3) is 0 Å². The molecule has 2 aliphatic heterocycles. The minimum Gasteiger partial charge on any atom is -0.339 e. The van der Waals surface area contributed by atoms with E-state index in [0.29, 0.717) is 23.8 Å². The fourth-order valence-electron chi connectivity index (χ4n) is 3.63. The molecule has 3 heteroatoms. The number of hydrogen-bond donors (Lipinski definition) is 1. The van der Waals surface area contributed by atoms with Gasteiger partial charge in [0.15, 0.2) is 0 Å². The Bertz CT molecular complexity index is 321. The van der Waals surface area contributed by atoms with Crippen LogP contribution in [0.1, 0.15) is 53.4 Å². The lowest BCUT2D eigenvalue weighted by molar-refractivity contribution is -0.148. The first-order valence-corrected chi connectivity index (χ1v) is 7.96. The number of likely N-dealkylation sites (tertiary alicyclic amines) is 1. The molecule has 19 heavy (non-hydrogen) atoms. The van der Waals surface area contributed by atoms with Crippen LogP contribution < -0.4 is 5.32 Å². The SMILES string of the molecule is CC1CCCN(C(=O)C(C)(C)C2CCCNC2)C1C. The van der Waals surface area contributed by atoms with E-state index in [9.17, 15) is 4.79 Å². The van der Waals surface area contributed by atoms with Crippen LogP contribution in [0.25, 0.3) is 0 Å². The predicted octanol–water partition coefficient (Wildman–Crippen LogP) is 2.66. The summed E-state index contributed by atoms with van der Waals surface area (Å²) in [5, 5.41) is 3.45. The molecule has 3 unspecified atom stereocenters. The van der Waals surface area contributed by atoms with E-state index in [0.717, 1.165) is 26.1 Å². The summed E-state index contributed by atoms with van der Waals surface area (Å²) < 4.78 is 0. The summed E-state index contributed by atoms with van der Waals surface area (Å²) in [7, 11) is 0. The summed E-state index contributed by atoms with van der Waals surface area (Å²) >= 11 is 0. The maximum absolute atomic E-state index is 13.0. The summed E-state index contributed by atoms with van der Waals surface area (Å²) in [6, 6.07) is 0.400. The summed E-state index contributed by atoms with van der Waals surface area (Å²) in [5.74, 6) is 1.50. The third-order valence-electron chi connectivity index (χ3n) is 5.50. The zero-order chi connectivity index (χ0) is 14.0. The lowest BCUT2D eigenvalue weighted by Crippen LogP contribution is -2.54. The number of rotatable bonds is 2. The molecule has 0 aromatic heterocycles. The van der Waals surface area contributed by atoms with Crippen LogP contribution in [-0.2, 0) is 4.79 Å². The maximum Gasteiger partial charge on any atom is 0.228 e. The first-order valence-electron chi connectivity index (χ1n) is 7.96. The number of nitrogens with one attached hydrogen (secondary N) is 1. The third-order valence-corrected chi connectivity index (χ3v) is 5.50. The molecular formula is C16H30N2O. The van der Waals surface area contributed by atoms with E-state index in [1.165, 1.54) is 19.3 Å². The Morgan fingerprint density at radius 2 is 1.95 bits per heavy atom. The second-order valence-electron chi connectivity index (χ2n) is 7.12. The standard InChI is InChI=1S/C16H30N2O/c1-12-7-6-10-18(13(12)2)15(19)16(3,4)14-8-5-9-17-11-14/h12-14,17H,5-11H2,1-4H3. The first-order chi connectivity index (χ1) is 8.94. The van der Waals surface area contributed by atoms with Crippen molar-refractivity contribution in [1.82, 2.24) is 10.2 Å². The van der Waals surface area contributed by atoms with Gasteiger partial charge in [-0.15, -0.1) is 0 Å². The summed E-state index contributed by atoms with van der Waals surface area (Å²) in [6.45, 7) is 11.9. The topological polar surface area (TPSA) is 32.3 Å². The Hall–Kier alpha value is -0.570. The molecule has 2 rings (SSSR count). The molecule has 0 saturated carbocycles. The van der Waals surface area contributed by atoms with Crippen LogP contribution in [0.2, 0.25) is 0 Å². The summed E-state index contributed by atoms with van der Waals surface area (Å²) in [6.07, 6.45) is 4.81. The van der Waals surface area contributed by atoms with Gasteiger partial charge < -0.3 is 10.2 Å². The fourth-order valence-corrected chi connectivity index (χ4v) is 3.63. The van der Waals surface area contributed by atoms with Crippen molar-refractivity contribution in [2.24, 2.45) is 17.3 Å². The Morgan fingerprint density at radius 3 is 2.58 bits per heavy atom. The maximum atomic E-state index is 13.0. The zero-order valence-electron chi connectivity index (χ0n) is 13.0. The number of carbonyl (C=O) groups excluding carboxylic acids is 1. The van der Waals surface area contributed by atoms with Crippen molar-refractivity contribution in [1.29, 1.82) is 0 Å². The summed E-state index contributed by atoms with van der Waals surface area (Å²) in [4.78, 5) is 15.1. The van der Waals surface area contributed by atoms with Crippen LogP contribution in [0.4, 0.5) is 0 Å². The van der Waals surface area contributed by atoms with Gasteiger partial charge >= 0.3 is 0 Å². The first kappa shape index (κ1) is 14.8. The average molecular weight is 266 g/mol. The van der Waals surface area contributed by atoms with Gasteiger partial charge in [-0.3, -0.25) is 4.79 Å². The number of hydrogen-bond acceptors (Lipinski definition) is 2. The molecule has 2 fully saturated rings. The Kier molecular flexibility index (Phi) is 4.54. The minimum absolute atomic E-state index is 0.223. The van der Waals surface area contributed by atoms with Gasteiger partial charge in [0.1, 0.15) is 0 Å². The van der Waals surface area contributed by atoms with Gasteiger partial charge in [-0.2, -0.15) is 0 Å². The van der Waals surface area contributed by atoms with Crippen LogP contribution >= 0.6 is 0 Å². The minimum atomic E-state index is -0.223. The fraction of sp³-hybridized carbons (Fsp3) is 0.938. The zero-order valence-corrected chi connectivity index (χ0v) is 13.0. The highest BCUT2D eigenvalue weighted by molar-refractivity contribution is 5.82. The van der Waals surface area contributed by atoms with Crippen LogP contribution in [-0.4, -0.2) is 36.5 Å². The van der Waals surface area contributed by atoms with Gasteiger partial charge in [-0.25, -0.2) is 0 Å². The van der Waals surface area contributed by atoms with Crippen LogP contribution in [0.3, 0.4) is 0 Å². The summed E-state index contributed by atoms with van der Waals surface area (Å²) in [5.41, 5.74) is -0.223. The monoisotopic (exact) mass is 266 g/mol. The molecule has 0 radical (unpaired) electrons. The molecular weight excluding hydrogens is 236 g/mol. The van der Waals surface area contributed by atoms with E-state index < -0.39 is 0 Å². The van der Waals surface area contributed by atoms with E-state index in [-0.39, 0.29) is 5.41 Å². The van der Waals surface area contributed by atoms with Crippen molar-refractivity contribution in [2.75, 3.05) is 19.6 Å². The van der Waals surface area contributed by atoms with Gasteiger partial charge in [0.05, 0.1) is 0 Å². The van der Waals surface area contributed by atoms with Gasteiger partial charge in [0.2, 0.25) is 5.91 Å². The van der Waals surface area contributed by atoms with Crippen molar-refractivity contribution in [3.05, 3.63) is 0 Å². The second-order valence-corrected chi connectivity index (χ2v) is 7.12. The Morgan fingerprint density at radius 1 is 1.21 bits per heavy atom. The molecule has 2 aliphatic rings. The van der Waals surface area contributed by atoms with E-state index in [2.05, 4.69) is 37.9 Å². The third kappa shape index (κ3) is 2.96. The van der Waals surface area contributed by atoms with Crippen LogP contribution in [0.5, 0.6) is 0 Å². The second kappa shape index (κ2) is 5.82. The molecule has 0 spiro atoms. The molecule has 110 valence electrons. The highest BCUT2D eigenvalue weighted by atomic mass is 16.2. The molecule has 3 nitrogen and oxygen atoms in total. The van der Waals surface area contributed by atoms with Crippen molar-refractivity contribution < 1.29 is 4.79 Å². The lowest BCUT2D eigenvalue weighted by Gasteiger charge is -2.45. The Labute approximate surface area is 118 Å². The number of piperidine rings is 2. The molecule has 0 aromatic rings. The van der Waals surface area contributed by atoms with E-state index >= 15 is 0 Å². The number of amides is 1. The van der Waals surface area contributed by atoms with E-state index in [4.69, 9.17) is 0 Å². The average Bonchev–Trinajstić information content (AvgIpc) is 2.42. The van der Waals surface area contributed by atoms with Crippen LogP contribution in [0.15, 0.2) is 0 Å². The largest absolute Gasteiger partial charge is 0.339 e. The highest BCUT2D eigenvalue weighted by Crippen LogP contribution is 2.36. The van der Waals surface area contributed by atoms with Crippen molar-refractivity contribution in [3.8, 4) is 0 Å². The van der Waals surface area contributed by atoms with Gasteiger partial charge in [-0.05, 0) is 57.5 Å². The normalized spacial score (nSPS) is 33.3. The molecule has 0 aliphatic carbocycles. The predicted molar refractivity (Wildman–Crippen MR) is 78.9 cm³/mol. The number of nitrogens with zero attached hydrogens (tertiary/aromatic N) is 1. The molecule has 3 atom stereocenters. The molecule has 2 heterocycles. The molecule has 1 amide bonds. The van der Waals surface area contributed by atoms with Gasteiger partial charge in [-0.1, -0.05) is 20.8 Å². The quantitative estimate of drug-likeness (QED) is 0.833. The van der Waals surface area contributed by atoms with Crippen molar-refractivity contribution in [2.45, 2.75) is 59.4 Å². The van der Waals surface area contributed by atoms with E-state index in [1.807, 2.05) is 0 Å². The van der Waals surface area contributed by atoms with Crippen LogP contribution in [0, 0.1) is 17.3 Å².